The molecule has 0 amide bonds. The molecule has 0 saturated heterocycles. The summed E-state index contributed by atoms with van der Waals surface area (Å²) in [7, 11) is 0. The van der Waals surface area contributed by atoms with Gasteiger partial charge in [0, 0.05) is 57.4 Å². The van der Waals surface area contributed by atoms with Crippen molar-refractivity contribution in [1.82, 2.24) is 0 Å². The van der Waals surface area contributed by atoms with E-state index in [1.54, 1.807) is 0 Å². The molecule has 0 spiro atoms. The van der Waals surface area contributed by atoms with Crippen LogP contribution < -0.4 is 4.90 Å². The van der Waals surface area contributed by atoms with Gasteiger partial charge in [0.15, 0.2) is 0 Å². The van der Waals surface area contributed by atoms with Crippen molar-refractivity contribution in [2.75, 3.05) is 4.90 Å². The van der Waals surface area contributed by atoms with E-state index in [1.807, 2.05) is 22.7 Å². The molecule has 3 heteroatoms. The molecule has 2 heterocycles. The lowest BCUT2D eigenvalue weighted by Crippen LogP contribution is -2.10. The van der Waals surface area contributed by atoms with Crippen molar-refractivity contribution in [2.24, 2.45) is 0 Å². The van der Waals surface area contributed by atoms with E-state index in [9.17, 15) is 0 Å². The van der Waals surface area contributed by atoms with Gasteiger partial charge < -0.3 is 4.90 Å². The molecule has 0 unspecified atom stereocenters. The second-order valence-corrected chi connectivity index (χ2v) is 14.3. The highest BCUT2D eigenvalue weighted by molar-refractivity contribution is 7.26. The average molecular weight is 634 g/mol. The number of nitrogens with zero attached hydrogens (tertiary/aromatic N) is 1. The molecule has 1 nitrogen and oxygen atoms in total. The van der Waals surface area contributed by atoms with Crippen molar-refractivity contribution in [3.63, 3.8) is 0 Å². The van der Waals surface area contributed by atoms with E-state index < -0.39 is 0 Å². The first-order valence-corrected chi connectivity index (χ1v) is 17.6. The van der Waals surface area contributed by atoms with Gasteiger partial charge in [0.05, 0.1) is 0 Å². The molecule has 0 aliphatic carbocycles. The number of hydrogen-bond donors (Lipinski definition) is 0. The first-order valence-electron chi connectivity index (χ1n) is 15.9. The van der Waals surface area contributed by atoms with Gasteiger partial charge in [0.2, 0.25) is 0 Å². The quantitative estimate of drug-likeness (QED) is 0.186. The number of benzene rings is 8. The summed E-state index contributed by atoms with van der Waals surface area (Å²) in [4.78, 5) is 2.40. The minimum Gasteiger partial charge on any atom is -0.310 e. The number of thiophene rings is 2. The van der Waals surface area contributed by atoms with Gasteiger partial charge in [-0.05, 0) is 93.3 Å². The van der Waals surface area contributed by atoms with Crippen LogP contribution in [0.15, 0.2) is 164 Å². The van der Waals surface area contributed by atoms with Crippen LogP contribution in [-0.4, -0.2) is 0 Å². The minimum atomic E-state index is 1.13. The number of hydrogen-bond acceptors (Lipinski definition) is 3. The van der Waals surface area contributed by atoms with Crippen molar-refractivity contribution in [1.29, 1.82) is 0 Å². The van der Waals surface area contributed by atoms with Crippen LogP contribution in [0.2, 0.25) is 0 Å². The zero-order valence-electron chi connectivity index (χ0n) is 25.4. The third kappa shape index (κ3) is 4.28. The van der Waals surface area contributed by atoms with Crippen LogP contribution in [0.5, 0.6) is 0 Å². The second kappa shape index (κ2) is 10.5. The Balaban J connectivity index is 1.17. The Morgan fingerprint density at radius 2 is 0.787 bits per heavy atom. The van der Waals surface area contributed by atoms with Gasteiger partial charge >= 0.3 is 0 Å². The van der Waals surface area contributed by atoms with Crippen molar-refractivity contribution in [3.05, 3.63) is 164 Å². The molecule has 0 aliphatic heterocycles. The fraction of sp³-hybridized carbons (Fsp3) is 0. The summed E-state index contributed by atoms with van der Waals surface area (Å²) in [5, 5.41) is 10.5. The van der Waals surface area contributed by atoms with Crippen LogP contribution in [0, 0.1) is 0 Å². The Kier molecular flexibility index (Phi) is 5.98. The van der Waals surface area contributed by atoms with Crippen LogP contribution in [-0.2, 0) is 0 Å². The van der Waals surface area contributed by atoms with E-state index in [4.69, 9.17) is 0 Å². The molecule has 8 aromatic carbocycles. The Hall–Kier alpha value is -5.48. The summed E-state index contributed by atoms with van der Waals surface area (Å²) >= 11 is 3.75. The SMILES string of the molecule is c1ccc(-c2ccc(N(c3ccc4c(ccc5sc6ccccc6c54)c3)c3ccc4c(ccc5sc6ccccc6c54)c3)cc2)cc1. The van der Waals surface area contributed by atoms with E-state index in [1.165, 1.54) is 73.0 Å². The Bertz CT molecular complexity index is 2640. The molecular weight excluding hydrogens is 607 g/mol. The lowest BCUT2D eigenvalue weighted by atomic mass is 10.0. The lowest BCUT2D eigenvalue weighted by molar-refractivity contribution is 1.29. The summed E-state index contributed by atoms with van der Waals surface area (Å²) in [6, 6.07) is 60.2. The van der Waals surface area contributed by atoms with Gasteiger partial charge in [-0.15, -0.1) is 22.7 Å². The Morgan fingerprint density at radius 3 is 1.34 bits per heavy atom. The normalized spacial score (nSPS) is 11.8. The highest BCUT2D eigenvalue weighted by atomic mass is 32.1. The molecule has 0 aliphatic rings. The van der Waals surface area contributed by atoms with Crippen LogP contribution >= 0.6 is 22.7 Å². The fourth-order valence-corrected chi connectivity index (χ4v) is 9.48. The van der Waals surface area contributed by atoms with Crippen molar-refractivity contribution >= 4 is 102 Å². The summed E-state index contributed by atoms with van der Waals surface area (Å²) in [6.07, 6.45) is 0. The third-order valence-corrected chi connectivity index (χ3v) is 11.7. The second-order valence-electron chi connectivity index (χ2n) is 12.1. The molecular formula is C44H27NS2. The maximum atomic E-state index is 2.40. The van der Waals surface area contributed by atoms with Crippen molar-refractivity contribution < 1.29 is 0 Å². The smallest absolute Gasteiger partial charge is 0.0468 e. The molecule has 0 N–H and O–H groups in total. The summed E-state index contributed by atoms with van der Waals surface area (Å²) < 4.78 is 5.34. The summed E-state index contributed by atoms with van der Waals surface area (Å²) in [5.41, 5.74) is 5.86. The predicted octanol–water partition coefficient (Wildman–Crippen LogP) is 13.9. The molecule has 0 radical (unpaired) electrons. The average Bonchev–Trinajstić information content (AvgIpc) is 3.71. The van der Waals surface area contributed by atoms with E-state index in [-0.39, 0.29) is 0 Å². The Labute approximate surface area is 280 Å². The topological polar surface area (TPSA) is 3.24 Å². The molecule has 47 heavy (non-hydrogen) atoms. The molecule has 10 rings (SSSR count). The zero-order chi connectivity index (χ0) is 30.9. The molecule has 0 atom stereocenters. The van der Waals surface area contributed by atoms with E-state index in [2.05, 4.69) is 169 Å². The minimum absolute atomic E-state index is 1.13. The van der Waals surface area contributed by atoms with Crippen LogP contribution in [0.1, 0.15) is 0 Å². The number of fused-ring (bicyclic) bond motifs is 10. The largest absolute Gasteiger partial charge is 0.310 e. The Morgan fingerprint density at radius 1 is 0.319 bits per heavy atom. The van der Waals surface area contributed by atoms with Gasteiger partial charge in [-0.25, -0.2) is 0 Å². The van der Waals surface area contributed by atoms with Gasteiger partial charge in [-0.1, -0.05) is 103 Å². The molecule has 2 aromatic heterocycles. The predicted molar refractivity (Wildman–Crippen MR) is 207 cm³/mol. The van der Waals surface area contributed by atoms with Crippen LogP contribution in [0.25, 0.3) is 73.0 Å². The van der Waals surface area contributed by atoms with E-state index in [0.717, 1.165) is 17.1 Å². The van der Waals surface area contributed by atoms with Gasteiger partial charge in [-0.3, -0.25) is 0 Å². The van der Waals surface area contributed by atoms with E-state index >= 15 is 0 Å². The highest BCUT2D eigenvalue weighted by Gasteiger charge is 2.17. The monoisotopic (exact) mass is 633 g/mol. The van der Waals surface area contributed by atoms with E-state index in [0.29, 0.717) is 0 Å². The summed E-state index contributed by atoms with van der Waals surface area (Å²) in [6.45, 7) is 0. The van der Waals surface area contributed by atoms with Crippen LogP contribution in [0.4, 0.5) is 17.1 Å². The lowest BCUT2D eigenvalue weighted by Gasteiger charge is -2.26. The summed E-state index contributed by atoms with van der Waals surface area (Å²) in [5.74, 6) is 0. The van der Waals surface area contributed by atoms with Gasteiger partial charge in [0.1, 0.15) is 0 Å². The first-order chi connectivity index (χ1) is 23.3. The standard InChI is InChI=1S/C44H27NS2/c1-2-8-28(9-3-1)29-14-18-32(19-15-29)45(33-20-22-35-30(26-33)16-24-41-43(35)37-10-4-6-12-39(37)46-41)34-21-23-36-31(27-34)17-25-42-44(36)38-11-5-7-13-40(38)47-42/h1-27H. The fourth-order valence-electron chi connectivity index (χ4n) is 7.24. The number of anilines is 3. The van der Waals surface area contributed by atoms with Crippen molar-refractivity contribution in [2.45, 2.75) is 0 Å². The van der Waals surface area contributed by atoms with Gasteiger partial charge in [-0.2, -0.15) is 0 Å². The maximum Gasteiger partial charge on any atom is 0.0468 e. The number of rotatable bonds is 4. The zero-order valence-corrected chi connectivity index (χ0v) is 27.0. The molecule has 220 valence electrons. The molecule has 10 aromatic rings. The molecule has 0 bridgehead atoms. The maximum absolute atomic E-state index is 2.40. The van der Waals surface area contributed by atoms with Crippen LogP contribution in [0.3, 0.4) is 0 Å². The van der Waals surface area contributed by atoms with Crippen molar-refractivity contribution in [3.8, 4) is 11.1 Å². The van der Waals surface area contributed by atoms with Gasteiger partial charge in [0.25, 0.3) is 0 Å². The molecule has 0 fully saturated rings. The molecule has 0 saturated carbocycles. The third-order valence-electron chi connectivity index (χ3n) is 9.43. The first kappa shape index (κ1) is 26.7. The highest BCUT2D eigenvalue weighted by Crippen LogP contribution is 2.44.